The lowest BCUT2D eigenvalue weighted by Gasteiger charge is -2.17. The number of nitrogens with one attached hydrogen (secondary N) is 2. The molecular weight excluding hydrogens is 325 g/mol. The Morgan fingerprint density at radius 2 is 2.08 bits per heavy atom. The molecule has 0 spiro atoms. The Morgan fingerprint density at radius 3 is 2.79 bits per heavy atom. The maximum atomic E-state index is 12.5. The van der Waals surface area contributed by atoms with E-state index in [0.29, 0.717) is 24.2 Å². The van der Waals surface area contributed by atoms with Gasteiger partial charge in [0.1, 0.15) is 6.54 Å². The molecule has 6 nitrogen and oxygen atoms in total. The Labute approximate surface area is 134 Å². The summed E-state index contributed by atoms with van der Waals surface area (Å²) in [4.78, 5) is 23.2. The lowest BCUT2D eigenvalue weighted by atomic mass is 10.0. The minimum Gasteiger partial charge on any atom is -0.326 e. The van der Waals surface area contributed by atoms with Crippen molar-refractivity contribution in [2.45, 2.75) is 25.6 Å². The molecule has 24 heavy (non-hydrogen) atoms. The fourth-order valence-electron chi connectivity index (χ4n) is 2.41. The van der Waals surface area contributed by atoms with Crippen molar-refractivity contribution in [2.24, 2.45) is 0 Å². The summed E-state index contributed by atoms with van der Waals surface area (Å²) in [7, 11) is 0. The Balaban J connectivity index is 1.65. The monoisotopic (exact) mass is 338 g/mol. The number of nitrogens with zero attached hydrogens (tertiary/aromatic N) is 2. The van der Waals surface area contributed by atoms with Crippen molar-refractivity contribution in [3.8, 4) is 0 Å². The third-order valence-corrected chi connectivity index (χ3v) is 3.52. The minimum absolute atomic E-state index is 0.0570. The Hall–Kier alpha value is -2.84. The van der Waals surface area contributed by atoms with E-state index in [-0.39, 0.29) is 12.5 Å². The van der Waals surface area contributed by atoms with Crippen molar-refractivity contribution in [2.75, 3.05) is 10.6 Å². The number of alkyl halides is 3. The normalized spacial score (nSPS) is 14.0. The molecule has 2 amide bonds. The van der Waals surface area contributed by atoms with Crippen LogP contribution in [0.2, 0.25) is 0 Å². The fourth-order valence-corrected chi connectivity index (χ4v) is 2.41. The van der Waals surface area contributed by atoms with Gasteiger partial charge in [-0.15, -0.1) is 0 Å². The number of fused-ring (bicyclic) bond motifs is 1. The van der Waals surface area contributed by atoms with Gasteiger partial charge in [0.15, 0.2) is 5.69 Å². The zero-order valence-corrected chi connectivity index (χ0v) is 12.4. The number of aryl methyl sites for hydroxylation is 1. The van der Waals surface area contributed by atoms with Crippen LogP contribution in [0.25, 0.3) is 0 Å². The van der Waals surface area contributed by atoms with Gasteiger partial charge in [0, 0.05) is 24.0 Å². The largest absolute Gasteiger partial charge is 0.435 e. The summed E-state index contributed by atoms with van der Waals surface area (Å²) in [6.07, 6.45) is -2.49. The maximum Gasteiger partial charge on any atom is 0.435 e. The molecule has 1 aromatic carbocycles. The molecule has 2 heterocycles. The zero-order valence-electron chi connectivity index (χ0n) is 12.4. The average Bonchev–Trinajstić information content (AvgIpc) is 2.96. The molecule has 3 rings (SSSR count). The molecule has 126 valence electrons. The van der Waals surface area contributed by atoms with Crippen LogP contribution in [0.4, 0.5) is 24.5 Å². The van der Waals surface area contributed by atoms with E-state index >= 15 is 0 Å². The summed E-state index contributed by atoms with van der Waals surface area (Å²) in [5.74, 6) is -0.551. The highest BCUT2D eigenvalue weighted by Gasteiger charge is 2.33. The third kappa shape index (κ3) is 3.55. The van der Waals surface area contributed by atoms with Gasteiger partial charge in [-0.1, -0.05) is 0 Å². The van der Waals surface area contributed by atoms with Gasteiger partial charge in [-0.05, 0) is 36.2 Å². The smallest absolute Gasteiger partial charge is 0.326 e. The molecule has 0 saturated carbocycles. The van der Waals surface area contributed by atoms with E-state index in [9.17, 15) is 22.8 Å². The van der Waals surface area contributed by atoms with Crippen molar-refractivity contribution in [3.05, 3.63) is 41.7 Å². The lowest BCUT2D eigenvalue weighted by Crippen LogP contribution is -2.21. The number of hydrogen-bond donors (Lipinski definition) is 2. The Bertz CT molecular complexity index is 798. The van der Waals surface area contributed by atoms with Crippen LogP contribution in [0.5, 0.6) is 0 Å². The number of hydrogen-bond acceptors (Lipinski definition) is 3. The second kappa shape index (κ2) is 5.99. The Kier molecular flexibility index (Phi) is 4.00. The van der Waals surface area contributed by atoms with Gasteiger partial charge in [0.25, 0.3) is 0 Å². The van der Waals surface area contributed by atoms with E-state index in [0.717, 1.165) is 22.5 Å². The first kappa shape index (κ1) is 16.0. The number of benzene rings is 1. The van der Waals surface area contributed by atoms with E-state index in [4.69, 9.17) is 0 Å². The van der Waals surface area contributed by atoms with Gasteiger partial charge in [-0.2, -0.15) is 18.3 Å². The second-order valence-corrected chi connectivity index (χ2v) is 5.36. The number of aromatic nitrogens is 2. The second-order valence-electron chi connectivity index (χ2n) is 5.36. The molecule has 2 N–H and O–H groups in total. The molecule has 0 aliphatic carbocycles. The van der Waals surface area contributed by atoms with Crippen LogP contribution in [-0.4, -0.2) is 21.6 Å². The van der Waals surface area contributed by atoms with Crippen LogP contribution in [0.1, 0.15) is 17.7 Å². The third-order valence-electron chi connectivity index (χ3n) is 3.52. The molecule has 0 bridgehead atoms. The average molecular weight is 338 g/mol. The van der Waals surface area contributed by atoms with Gasteiger partial charge in [-0.3, -0.25) is 14.3 Å². The molecule has 0 fully saturated rings. The van der Waals surface area contributed by atoms with Crippen molar-refractivity contribution < 1.29 is 22.8 Å². The molecule has 0 saturated heterocycles. The maximum absolute atomic E-state index is 12.5. The number of halogens is 3. The number of rotatable bonds is 3. The fraction of sp³-hybridized carbons (Fsp3) is 0.267. The SMILES string of the molecule is O=C(Cn1ccc(C(F)(F)F)n1)Nc1ccc2c(c1)CCC(=O)N2. The molecule has 1 aromatic heterocycles. The molecular formula is C15H13F3N4O2. The van der Waals surface area contributed by atoms with Gasteiger partial charge in [-0.25, -0.2) is 0 Å². The van der Waals surface area contributed by atoms with Crippen LogP contribution in [0.15, 0.2) is 30.5 Å². The Morgan fingerprint density at radius 1 is 1.29 bits per heavy atom. The van der Waals surface area contributed by atoms with Gasteiger partial charge in [0.2, 0.25) is 11.8 Å². The van der Waals surface area contributed by atoms with Gasteiger partial charge in [0.05, 0.1) is 0 Å². The summed E-state index contributed by atoms with van der Waals surface area (Å²) < 4.78 is 38.3. The number of amides is 2. The summed E-state index contributed by atoms with van der Waals surface area (Å²) >= 11 is 0. The first-order valence-electron chi connectivity index (χ1n) is 7.14. The van der Waals surface area contributed by atoms with Crippen LogP contribution in [0.3, 0.4) is 0 Å². The number of anilines is 2. The van der Waals surface area contributed by atoms with Crippen molar-refractivity contribution >= 4 is 23.2 Å². The van der Waals surface area contributed by atoms with Crippen molar-refractivity contribution in [1.29, 1.82) is 0 Å². The van der Waals surface area contributed by atoms with Gasteiger partial charge >= 0.3 is 6.18 Å². The first-order chi connectivity index (χ1) is 11.3. The summed E-state index contributed by atoms with van der Waals surface area (Å²) in [5, 5.41) is 8.66. The molecule has 0 unspecified atom stereocenters. The molecule has 0 atom stereocenters. The highest BCUT2D eigenvalue weighted by molar-refractivity contribution is 5.95. The van der Waals surface area contributed by atoms with E-state index in [1.54, 1.807) is 18.2 Å². The summed E-state index contributed by atoms with van der Waals surface area (Å²) in [6, 6.07) is 5.84. The minimum atomic E-state index is -4.54. The standard InChI is InChI=1S/C15H13F3N4O2/c16-15(17,18)12-5-6-22(21-12)8-14(24)19-10-2-3-11-9(7-10)1-4-13(23)20-11/h2-3,5-7H,1,4,8H2,(H,19,24)(H,20,23). The molecule has 2 aromatic rings. The summed E-state index contributed by atoms with van der Waals surface area (Å²) in [6.45, 7) is -0.329. The van der Waals surface area contributed by atoms with E-state index in [1.165, 1.54) is 0 Å². The topological polar surface area (TPSA) is 76.0 Å². The van der Waals surface area contributed by atoms with Crippen LogP contribution < -0.4 is 10.6 Å². The molecule has 9 heteroatoms. The molecule has 1 aliphatic rings. The molecule has 1 aliphatic heterocycles. The van der Waals surface area contributed by atoms with Crippen LogP contribution >= 0.6 is 0 Å². The summed E-state index contributed by atoms with van der Waals surface area (Å²) in [5.41, 5.74) is 1.06. The van der Waals surface area contributed by atoms with Crippen LogP contribution in [0, 0.1) is 0 Å². The quantitative estimate of drug-likeness (QED) is 0.902. The highest BCUT2D eigenvalue weighted by Crippen LogP contribution is 2.27. The first-order valence-corrected chi connectivity index (χ1v) is 7.14. The van der Waals surface area contributed by atoms with Gasteiger partial charge < -0.3 is 10.6 Å². The van der Waals surface area contributed by atoms with Crippen molar-refractivity contribution in [1.82, 2.24) is 9.78 Å². The van der Waals surface area contributed by atoms with E-state index in [1.807, 2.05) is 0 Å². The predicted molar refractivity (Wildman–Crippen MR) is 79.3 cm³/mol. The number of carbonyl (C=O) groups excluding carboxylic acids is 2. The highest BCUT2D eigenvalue weighted by atomic mass is 19.4. The van der Waals surface area contributed by atoms with Crippen molar-refractivity contribution in [3.63, 3.8) is 0 Å². The number of carbonyl (C=O) groups is 2. The predicted octanol–water partition coefficient (Wildman–Crippen LogP) is 2.43. The lowest BCUT2D eigenvalue weighted by molar-refractivity contribution is -0.141. The molecule has 0 radical (unpaired) electrons. The van der Waals surface area contributed by atoms with Crippen LogP contribution in [-0.2, 0) is 28.7 Å². The van der Waals surface area contributed by atoms with E-state index in [2.05, 4.69) is 15.7 Å². The van der Waals surface area contributed by atoms with E-state index < -0.39 is 17.8 Å². The zero-order chi connectivity index (χ0) is 17.3.